The lowest BCUT2D eigenvalue weighted by Crippen LogP contribution is -2.49. The molecule has 1 aliphatic rings. The summed E-state index contributed by atoms with van der Waals surface area (Å²) in [5.74, 6) is 0. The second-order valence-electron chi connectivity index (χ2n) is 5.42. The number of carbonyl (C=O) groups is 1. The number of carbonyl (C=O) groups excluding carboxylic acids is 1. The first kappa shape index (κ1) is 13.8. The van der Waals surface area contributed by atoms with Crippen molar-refractivity contribution in [1.82, 2.24) is 4.90 Å². The maximum atomic E-state index is 12.2. The van der Waals surface area contributed by atoms with E-state index in [1.165, 1.54) is 4.90 Å². The van der Waals surface area contributed by atoms with Crippen LogP contribution in [-0.4, -0.2) is 45.9 Å². The molecular weight excluding hydrogens is 244 g/mol. The van der Waals surface area contributed by atoms with Crippen LogP contribution < -0.4 is 5.32 Å². The van der Waals surface area contributed by atoms with Crippen molar-refractivity contribution in [2.45, 2.75) is 31.9 Å². The Morgan fingerprint density at radius 3 is 2.95 bits per heavy atom. The number of aliphatic hydroxyl groups is 2. The summed E-state index contributed by atoms with van der Waals surface area (Å²) < 4.78 is 0. The van der Waals surface area contributed by atoms with E-state index in [9.17, 15) is 15.0 Å². The average molecular weight is 264 g/mol. The van der Waals surface area contributed by atoms with E-state index in [0.29, 0.717) is 12.1 Å². The smallest absolute Gasteiger partial charge is 0.322 e. The zero-order valence-electron chi connectivity index (χ0n) is 11.3. The molecule has 0 aromatic heterocycles. The molecule has 0 radical (unpaired) electrons. The molecule has 0 saturated carbocycles. The number of nitrogens with zero attached hydrogens (tertiary/aromatic N) is 1. The van der Waals surface area contributed by atoms with Crippen LogP contribution in [0, 0.1) is 6.92 Å². The van der Waals surface area contributed by atoms with Crippen molar-refractivity contribution < 1.29 is 15.0 Å². The molecule has 1 aromatic rings. The minimum Gasteiger partial charge on any atom is -0.394 e. The van der Waals surface area contributed by atoms with E-state index in [-0.39, 0.29) is 19.2 Å². The molecule has 1 aromatic carbocycles. The third-order valence-electron chi connectivity index (χ3n) is 3.58. The normalized spacial score (nSPS) is 26.5. The van der Waals surface area contributed by atoms with E-state index in [2.05, 4.69) is 5.32 Å². The van der Waals surface area contributed by atoms with Crippen molar-refractivity contribution in [2.75, 3.05) is 18.5 Å². The van der Waals surface area contributed by atoms with Gasteiger partial charge in [0, 0.05) is 18.7 Å². The number of likely N-dealkylation sites (tertiary alicyclic amines) is 1. The van der Waals surface area contributed by atoms with E-state index in [0.717, 1.165) is 5.56 Å². The van der Waals surface area contributed by atoms with Gasteiger partial charge in [-0.3, -0.25) is 0 Å². The number of nitrogens with one attached hydrogen (secondary N) is 1. The number of aliphatic hydroxyl groups excluding tert-OH is 2. The number of anilines is 1. The number of hydrogen-bond acceptors (Lipinski definition) is 3. The fraction of sp³-hybridized carbons (Fsp3) is 0.500. The third kappa shape index (κ3) is 2.88. The van der Waals surface area contributed by atoms with Crippen molar-refractivity contribution in [3.05, 3.63) is 29.8 Å². The molecule has 104 valence electrons. The maximum absolute atomic E-state index is 12.2. The monoisotopic (exact) mass is 264 g/mol. The first-order valence-electron chi connectivity index (χ1n) is 6.39. The van der Waals surface area contributed by atoms with Gasteiger partial charge < -0.3 is 20.4 Å². The summed E-state index contributed by atoms with van der Waals surface area (Å²) in [4.78, 5) is 13.7. The zero-order chi connectivity index (χ0) is 14.0. The summed E-state index contributed by atoms with van der Waals surface area (Å²) in [7, 11) is 0. The van der Waals surface area contributed by atoms with Gasteiger partial charge in [0.2, 0.25) is 0 Å². The molecule has 2 unspecified atom stereocenters. The van der Waals surface area contributed by atoms with Gasteiger partial charge in [-0.15, -0.1) is 0 Å². The SMILES string of the molecule is Cc1cccc(NC(=O)N2CC(O)CC2(C)CO)c1. The summed E-state index contributed by atoms with van der Waals surface area (Å²) in [6.07, 6.45) is -0.189. The van der Waals surface area contributed by atoms with Crippen LogP contribution >= 0.6 is 0 Å². The van der Waals surface area contributed by atoms with Crippen LogP contribution in [0.1, 0.15) is 18.9 Å². The Morgan fingerprint density at radius 2 is 2.32 bits per heavy atom. The average Bonchev–Trinajstić information content (AvgIpc) is 2.65. The van der Waals surface area contributed by atoms with Crippen LogP contribution in [0.15, 0.2) is 24.3 Å². The molecule has 5 heteroatoms. The van der Waals surface area contributed by atoms with E-state index in [1.807, 2.05) is 31.2 Å². The highest BCUT2D eigenvalue weighted by molar-refractivity contribution is 5.90. The lowest BCUT2D eigenvalue weighted by molar-refractivity contribution is 0.103. The zero-order valence-corrected chi connectivity index (χ0v) is 11.3. The molecule has 3 N–H and O–H groups in total. The van der Waals surface area contributed by atoms with Crippen LogP contribution in [0.2, 0.25) is 0 Å². The number of hydrogen-bond donors (Lipinski definition) is 3. The number of benzene rings is 1. The van der Waals surface area contributed by atoms with Crippen molar-refractivity contribution in [3.63, 3.8) is 0 Å². The van der Waals surface area contributed by atoms with E-state index >= 15 is 0 Å². The first-order chi connectivity index (χ1) is 8.94. The molecular formula is C14H20N2O3. The Kier molecular flexibility index (Phi) is 3.78. The second kappa shape index (κ2) is 5.19. The second-order valence-corrected chi connectivity index (χ2v) is 5.42. The van der Waals surface area contributed by atoms with Gasteiger partial charge >= 0.3 is 6.03 Å². The van der Waals surface area contributed by atoms with E-state index in [4.69, 9.17) is 0 Å². The number of urea groups is 1. The summed E-state index contributed by atoms with van der Waals surface area (Å²) in [5.41, 5.74) is 1.07. The predicted octanol–water partition coefficient (Wildman–Crippen LogP) is 1.34. The largest absolute Gasteiger partial charge is 0.394 e. The van der Waals surface area contributed by atoms with Gasteiger partial charge in [-0.1, -0.05) is 12.1 Å². The van der Waals surface area contributed by atoms with Crippen molar-refractivity contribution >= 4 is 11.7 Å². The highest BCUT2D eigenvalue weighted by Crippen LogP contribution is 2.29. The summed E-state index contributed by atoms with van der Waals surface area (Å²) in [6.45, 7) is 3.81. The minimum atomic E-state index is -0.701. The van der Waals surface area contributed by atoms with Gasteiger partial charge in [0.05, 0.1) is 18.2 Å². The van der Waals surface area contributed by atoms with Gasteiger partial charge in [-0.2, -0.15) is 0 Å². The molecule has 1 aliphatic heterocycles. The molecule has 0 aliphatic carbocycles. The summed E-state index contributed by atoms with van der Waals surface area (Å²) in [5, 5.41) is 21.9. The van der Waals surface area contributed by atoms with Crippen LogP contribution in [-0.2, 0) is 0 Å². The van der Waals surface area contributed by atoms with Crippen molar-refractivity contribution in [1.29, 1.82) is 0 Å². The van der Waals surface area contributed by atoms with Gasteiger partial charge in [0.15, 0.2) is 0 Å². The Hall–Kier alpha value is -1.59. The van der Waals surface area contributed by atoms with Gasteiger partial charge in [0.25, 0.3) is 0 Å². The molecule has 5 nitrogen and oxygen atoms in total. The van der Waals surface area contributed by atoms with Crippen molar-refractivity contribution in [3.8, 4) is 0 Å². The standard InChI is InChI=1S/C14H20N2O3/c1-10-4-3-5-11(6-10)15-13(19)16-8-12(18)7-14(16,2)9-17/h3-6,12,17-18H,7-9H2,1-2H3,(H,15,19). The molecule has 1 heterocycles. The fourth-order valence-corrected chi connectivity index (χ4v) is 2.51. The molecule has 2 atom stereocenters. The third-order valence-corrected chi connectivity index (χ3v) is 3.58. The lowest BCUT2D eigenvalue weighted by atomic mass is 10.00. The van der Waals surface area contributed by atoms with Gasteiger partial charge in [-0.05, 0) is 31.5 Å². The Bertz CT molecular complexity index is 478. The highest BCUT2D eigenvalue weighted by Gasteiger charge is 2.43. The van der Waals surface area contributed by atoms with E-state index in [1.54, 1.807) is 6.92 Å². The maximum Gasteiger partial charge on any atom is 0.322 e. The summed E-state index contributed by atoms with van der Waals surface area (Å²) in [6, 6.07) is 7.22. The predicted molar refractivity (Wildman–Crippen MR) is 73.0 cm³/mol. The number of aryl methyl sites for hydroxylation is 1. The van der Waals surface area contributed by atoms with Crippen LogP contribution in [0.3, 0.4) is 0 Å². The number of rotatable bonds is 2. The van der Waals surface area contributed by atoms with Crippen LogP contribution in [0.5, 0.6) is 0 Å². The molecule has 1 saturated heterocycles. The first-order valence-corrected chi connectivity index (χ1v) is 6.39. The Balaban J connectivity index is 2.11. The Labute approximate surface area is 112 Å². The quantitative estimate of drug-likeness (QED) is 0.755. The molecule has 2 amide bonds. The lowest BCUT2D eigenvalue weighted by Gasteiger charge is -2.33. The van der Waals surface area contributed by atoms with E-state index < -0.39 is 11.6 Å². The number of β-amino-alcohol motifs (C(OH)–C–C–N with tert-alkyl or cyclic N) is 1. The van der Waals surface area contributed by atoms with Gasteiger partial charge in [0.1, 0.15) is 0 Å². The molecule has 1 fully saturated rings. The Morgan fingerprint density at radius 1 is 1.58 bits per heavy atom. The molecule has 0 spiro atoms. The summed E-state index contributed by atoms with van der Waals surface area (Å²) >= 11 is 0. The fourth-order valence-electron chi connectivity index (χ4n) is 2.51. The number of amides is 2. The van der Waals surface area contributed by atoms with Crippen molar-refractivity contribution in [2.24, 2.45) is 0 Å². The van der Waals surface area contributed by atoms with Crippen LogP contribution in [0.25, 0.3) is 0 Å². The van der Waals surface area contributed by atoms with Crippen LogP contribution in [0.4, 0.5) is 10.5 Å². The van der Waals surface area contributed by atoms with Gasteiger partial charge in [-0.25, -0.2) is 4.79 Å². The minimum absolute atomic E-state index is 0.161. The molecule has 0 bridgehead atoms. The molecule has 2 rings (SSSR count). The topological polar surface area (TPSA) is 72.8 Å². The molecule has 19 heavy (non-hydrogen) atoms. The highest BCUT2D eigenvalue weighted by atomic mass is 16.3.